The van der Waals surface area contributed by atoms with E-state index in [2.05, 4.69) is 9.97 Å². The second-order valence-electron chi connectivity index (χ2n) is 6.13. The number of anilines is 1. The van der Waals surface area contributed by atoms with Crippen LogP contribution in [-0.2, 0) is 4.74 Å². The lowest BCUT2D eigenvalue weighted by molar-refractivity contribution is 0.0526. The van der Waals surface area contributed by atoms with Crippen LogP contribution in [0.25, 0.3) is 16.6 Å². The first-order chi connectivity index (χ1) is 13.1. The van der Waals surface area contributed by atoms with Gasteiger partial charge in [-0.25, -0.2) is 9.78 Å². The number of hydrogen-bond donors (Lipinski definition) is 3. The molecule has 7 nitrogen and oxygen atoms in total. The molecule has 0 bridgehead atoms. The number of aromatic nitrogens is 2. The number of para-hydroxylation sites is 2. The molecule has 1 aromatic heterocycles. The topological polar surface area (TPSA) is 102 Å². The van der Waals surface area contributed by atoms with E-state index in [1.807, 2.05) is 24.3 Å². The lowest BCUT2D eigenvalue weighted by atomic mass is 10.2. The third-order valence-corrected chi connectivity index (χ3v) is 4.40. The van der Waals surface area contributed by atoms with Crippen molar-refractivity contribution in [3.63, 3.8) is 0 Å². The maximum atomic E-state index is 12.0. The van der Waals surface area contributed by atoms with Crippen LogP contribution in [0.4, 0.5) is 5.69 Å². The van der Waals surface area contributed by atoms with Gasteiger partial charge in [0.15, 0.2) is 0 Å². The van der Waals surface area contributed by atoms with Crippen molar-refractivity contribution in [1.29, 1.82) is 5.41 Å². The number of nitrogens with one attached hydrogen (secondary N) is 2. The summed E-state index contributed by atoms with van der Waals surface area (Å²) >= 11 is 0. The summed E-state index contributed by atoms with van der Waals surface area (Å²) in [7, 11) is 0. The third-order valence-electron chi connectivity index (χ3n) is 4.40. The number of aromatic amines is 1. The maximum absolute atomic E-state index is 12.0. The Morgan fingerprint density at radius 2 is 2.11 bits per heavy atom. The first-order valence-corrected chi connectivity index (χ1v) is 8.59. The van der Waals surface area contributed by atoms with Crippen molar-refractivity contribution in [2.45, 2.75) is 6.92 Å². The first kappa shape index (κ1) is 16.8. The summed E-state index contributed by atoms with van der Waals surface area (Å²) in [5.74, 6) is 0.204. The van der Waals surface area contributed by atoms with Crippen molar-refractivity contribution in [1.82, 2.24) is 9.97 Å². The normalized spacial score (nSPS) is 14.3. The molecule has 0 saturated carbocycles. The second kappa shape index (κ2) is 6.60. The number of ether oxygens (including phenoxy) is 1. The predicted octanol–water partition coefficient (Wildman–Crippen LogP) is 3.51. The molecule has 0 radical (unpaired) electrons. The highest BCUT2D eigenvalue weighted by molar-refractivity contribution is 6.30. The Morgan fingerprint density at radius 3 is 2.89 bits per heavy atom. The minimum atomic E-state index is -0.417. The van der Waals surface area contributed by atoms with E-state index in [4.69, 9.17) is 10.1 Å². The fourth-order valence-electron chi connectivity index (χ4n) is 3.14. The summed E-state index contributed by atoms with van der Waals surface area (Å²) in [6, 6.07) is 14.4. The van der Waals surface area contributed by atoms with Crippen molar-refractivity contribution >= 4 is 34.1 Å². The van der Waals surface area contributed by atoms with E-state index < -0.39 is 5.97 Å². The fourth-order valence-corrected chi connectivity index (χ4v) is 3.14. The fraction of sp³-hybridized carbons (Fsp3) is 0.150. The smallest absolute Gasteiger partial charge is 0.338 e. The first-order valence-electron chi connectivity index (χ1n) is 8.59. The van der Waals surface area contributed by atoms with Crippen LogP contribution in [0.15, 0.2) is 54.3 Å². The van der Waals surface area contributed by atoms with Crippen molar-refractivity contribution in [3.8, 4) is 0 Å². The summed E-state index contributed by atoms with van der Waals surface area (Å²) in [6.07, 6.45) is 0. The lowest BCUT2D eigenvalue weighted by Crippen LogP contribution is -2.26. The van der Waals surface area contributed by atoms with Gasteiger partial charge in [0.1, 0.15) is 17.4 Å². The van der Waals surface area contributed by atoms with Crippen LogP contribution < -0.4 is 4.90 Å². The molecule has 0 unspecified atom stereocenters. The molecule has 1 aliphatic heterocycles. The van der Waals surface area contributed by atoms with Gasteiger partial charge in [0.25, 0.3) is 0 Å². The zero-order valence-electron chi connectivity index (χ0n) is 14.7. The number of fused-ring (bicyclic) bond motifs is 1. The minimum absolute atomic E-state index is 0.0561. The number of esters is 1. The SMILES string of the molecule is CCOC(=O)c1cccc(N2CC(O)=C(c3nc4ccccc4[nH]3)C2=N)c1. The van der Waals surface area contributed by atoms with E-state index in [1.165, 1.54) is 0 Å². The summed E-state index contributed by atoms with van der Waals surface area (Å²) in [5.41, 5.74) is 2.99. The number of hydrogen-bond acceptors (Lipinski definition) is 5. The van der Waals surface area contributed by atoms with E-state index >= 15 is 0 Å². The van der Waals surface area contributed by atoms with Gasteiger partial charge < -0.3 is 19.7 Å². The monoisotopic (exact) mass is 362 g/mol. The van der Waals surface area contributed by atoms with Crippen LogP contribution in [0.2, 0.25) is 0 Å². The molecular weight excluding hydrogens is 344 g/mol. The lowest BCUT2D eigenvalue weighted by Gasteiger charge is -2.19. The number of H-pyrrole nitrogens is 1. The van der Waals surface area contributed by atoms with Gasteiger partial charge in [-0.15, -0.1) is 0 Å². The van der Waals surface area contributed by atoms with Gasteiger partial charge in [0.05, 0.1) is 35.3 Å². The van der Waals surface area contributed by atoms with E-state index in [0.717, 1.165) is 11.0 Å². The number of carbonyl (C=O) groups is 1. The van der Waals surface area contributed by atoms with Crippen LogP contribution in [0.1, 0.15) is 23.1 Å². The van der Waals surface area contributed by atoms with Crippen LogP contribution in [0, 0.1) is 5.41 Å². The van der Waals surface area contributed by atoms with Gasteiger partial charge in [-0.2, -0.15) is 0 Å². The highest BCUT2D eigenvalue weighted by Gasteiger charge is 2.31. The van der Waals surface area contributed by atoms with E-state index in [9.17, 15) is 9.90 Å². The summed E-state index contributed by atoms with van der Waals surface area (Å²) < 4.78 is 5.03. The molecule has 0 atom stereocenters. The molecule has 0 amide bonds. The van der Waals surface area contributed by atoms with Crippen molar-refractivity contribution in [3.05, 3.63) is 65.7 Å². The summed E-state index contributed by atoms with van der Waals surface area (Å²) in [6.45, 7) is 2.18. The van der Waals surface area contributed by atoms with E-state index in [0.29, 0.717) is 29.3 Å². The highest BCUT2D eigenvalue weighted by atomic mass is 16.5. The molecule has 2 heterocycles. The Balaban J connectivity index is 1.66. The van der Waals surface area contributed by atoms with Gasteiger partial charge in [-0.3, -0.25) is 5.41 Å². The average Bonchev–Trinajstić information content (AvgIpc) is 3.22. The summed E-state index contributed by atoms with van der Waals surface area (Å²) in [4.78, 5) is 21.2. The molecule has 27 heavy (non-hydrogen) atoms. The summed E-state index contributed by atoms with van der Waals surface area (Å²) in [5, 5.41) is 19.0. The van der Waals surface area contributed by atoms with Crippen LogP contribution in [0.5, 0.6) is 0 Å². The number of aliphatic hydroxyl groups excluding tert-OH is 1. The van der Waals surface area contributed by atoms with Crippen LogP contribution in [-0.4, -0.2) is 40.0 Å². The third kappa shape index (κ3) is 2.93. The minimum Gasteiger partial charge on any atom is -0.509 e. The molecule has 4 rings (SSSR count). The number of aliphatic hydroxyl groups is 1. The Kier molecular flexibility index (Phi) is 4.12. The molecule has 0 saturated heterocycles. The molecule has 0 spiro atoms. The van der Waals surface area contributed by atoms with Gasteiger partial charge in [-0.1, -0.05) is 18.2 Å². The predicted molar refractivity (Wildman–Crippen MR) is 103 cm³/mol. The second-order valence-corrected chi connectivity index (χ2v) is 6.13. The average molecular weight is 362 g/mol. The Labute approximate surface area is 155 Å². The van der Waals surface area contributed by atoms with Crippen LogP contribution >= 0.6 is 0 Å². The zero-order chi connectivity index (χ0) is 19.0. The number of carbonyl (C=O) groups excluding carboxylic acids is 1. The van der Waals surface area contributed by atoms with Crippen LogP contribution in [0.3, 0.4) is 0 Å². The van der Waals surface area contributed by atoms with Crippen molar-refractivity contribution in [2.24, 2.45) is 0 Å². The van der Waals surface area contributed by atoms with Crippen molar-refractivity contribution < 1.29 is 14.6 Å². The number of imidazole rings is 1. The number of nitrogens with zero attached hydrogens (tertiary/aromatic N) is 2. The Bertz CT molecular complexity index is 1050. The van der Waals surface area contributed by atoms with E-state index in [1.54, 1.807) is 36.1 Å². The maximum Gasteiger partial charge on any atom is 0.338 e. The number of amidine groups is 1. The van der Waals surface area contributed by atoms with Crippen molar-refractivity contribution in [2.75, 3.05) is 18.1 Å². The molecule has 3 aromatic rings. The molecule has 2 aromatic carbocycles. The molecule has 136 valence electrons. The highest BCUT2D eigenvalue weighted by Crippen LogP contribution is 2.31. The number of rotatable bonds is 4. The molecular formula is C20H18N4O3. The molecule has 0 fully saturated rings. The Hall–Kier alpha value is -3.61. The standard InChI is InChI=1S/C20H18N4O3/c1-2-27-20(26)12-6-5-7-13(10-12)24-11-16(25)17(18(24)21)19-22-14-8-3-4-9-15(14)23-19/h3-10,21,25H,2,11H2,1H3,(H,22,23). The largest absolute Gasteiger partial charge is 0.509 e. The molecule has 7 heteroatoms. The Morgan fingerprint density at radius 1 is 1.30 bits per heavy atom. The van der Waals surface area contributed by atoms with Gasteiger partial charge >= 0.3 is 5.97 Å². The van der Waals surface area contributed by atoms with Gasteiger partial charge in [-0.05, 0) is 37.3 Å². The quantitative estimate of drug-likeness (QED) is 0.617. The van der Waals surface area contributed by atoms with Gasteiger partial charge in [0, 0.05) is 5.69 Å². The zero-order valence-corrected chi connectivity index (χ0v) is 14.7. The molecule has 1 aliphatic rings. The molecule has 0 aliphatic carbocycles. The van der Waals surface area contributed by atoms with Gasteiger partial charge in [0.2, 0.25) is 0 Å². The number of benzene rings is 2. The molecule has 3 N–H and O–H groups in total. The van der Waals surface area contributed by atoms with E-state index in [-0.39, 0.29) is 18.1 Å².